The van der Waals surface area contributed by atoms with Crippen LogP contribution in [0.4, 0.5) is 8.78 Å². The zero-order valence-electron chi connectivity index (χ0n) is 9.60. The minimum Gasteiger partial charge on any atom is -0.462 e. The molecule has 0 aromatic carbocycles. The molecule has 0 amide bonds. The first-order valence-corrected chi connectivity index (χ1v) is 6.52. The SMILES string of the molecule is CCOC(=O)C(F)F.N#CCCS(=O)(=O)CC#N. The summed E-state index contributed by atoms with van der Waals surface area (Å²) in [5.41, 5.74) is 0. The van der Waals surface area contributed by atoms with Gasteiger partial charge in [0, 0.05) is 6.42 Å². The third-order valence-electron chi connectivity index (χ3n) is 1.27. The van der Waals surface area contributed by atoms with Gasteiger partial charge in [0.2, 0.25) is 0 Å². The third-order valence-corrected chi connectivity index (χ3v) is 2.67. The molecule has 9 heteroatoms. The molecule has 0 saturated carbocycles. The fraction of sp³-hybridized carbons (Fsp3) is 0.667. The number of rotatable bonds is 5. The lowest BCUT2D eigenvalue weighted by Crippen LogP contribution is -2.13. The van der Waals surface area contributed by atoms with E-state index in [0.29, 0.717) is 0 Å². The maximum Gasteiger partial charge on any atom is 0.373 e. The topological polar surface area (TPSA) is 108 Å². The molecule has 0 aliphatic rings. The molecule has 0 aromatic rings. The van der Waals surface area contributed by atoms with E-state index in [4.69, 9.17) is 10.5 Å². The summed E-state index contributed by atoms with van der Waals surface area (Å²) >= 11 is 0. The van der Waals surface area contributed by atoms with Crippen molar-refractivity contribution in [3.05, 3.63) is 0 Å². The van der Waals surface area contributed by atoms with Gasteiger partial charge in [-0.15, -0.1) is 0 Å². The number of hydrogen-bond acceptors (Lipinski definition) is 6. The Labute approximate surface area is 104 Å². The lowest BCUT2D eigenvalue weighted by Gasteiger charge is -1.96. The molecular weight excluding hydrogens is 270 g/mol. The Kier molecular flexibility index (Phi) is 10.8. The van der Waals surface area contributed by atoms with Gasteiger partial charge in [0.25, 0.3) is 0 Å². The number of carbonyl (C=O) groups is 1. The normalized spacial score (nSPS) is 9.67. The number of nitrogens with zero attached hydrogens (tertiary/aromatic N) is 2. The Balaban J connectivity index is 0. The number of hydrogen-bond donors (Lipinski definition) is 0. The predicted molar refractivity (Wildman–Crippen MR) is 57.1 cm³/mol. The first-order chi connectivity index (χ1) is 8.30. The number of nitriles is 2. The second-order valence-electron chi connectivity index (χ2n) is 2.71. The Morgan fingerprint density at radius 3 is 2.17 bits per heavy atom. The lowest BCUT2D eigenvalue weighted by atomic mass is 10.6. The van der Waals surface area contributed by atoms with Gasteiger partial charge in [0.1, 0.15) is 5.75 Å². The summed E-state index contributed by atoms with van der Waals surface area (Å²) in [6, 6.07) is 3.21. The maximum absolute atomic E-state index is 11.1. The second kappa shape index (κ2) is 10.4. The highest BCUT2D eigenvalue weighted by Crippen LogP contribution is 1.94. The van der Waals surface area contributed by atoms with E-state index in [-0.39, 0.29) is 18.8 Å². The zero-order chi connectivity index (χ0) is 14.6. The van der Waals surface area contributed by atoms with Gasteiger partial charge in [-0.3, -0.25) is 0 Å². The molecule has 0 aliphatic carbocycles. The first-order valence-electron chi connectivity index (χ1n) is 4.69. The molecule has 6 nitrogen and oxygen atoms in total. The summed E-state index contributed by atoms with van der Waals surface area (Å²) in [5.74, 6) is -2.15. The summed E-state index contributed by atoms with van der Waals surface area (Å²) in [5, 5.41) is 16.0. The van der Waals surface area contributed by atoms with Gasteiger partial charge in [0.15, 0.2) is 9.84 Å². The van der Waals surface area contributed by atoms with Crippen LogP contribution in [-0.2, 0) is 19.4 Å². The van der Waals surface area contributed by atoms with Crippen LogP contribution in [0, 0.1) is 22.7 Å². The molecule has 0 aliphatic heterocycles. The van der Waals surface area contributed by atoms with Crippen LogP contribution in [0.1, 0.15) is 13.3 Å². The van der Waals surface area contributed by atoms with Gasteiger partial charge in [0.05, 0.1) is 24.5 Å². The Morgan fingerprint density at radius 1 is 1.33 bits per heavy atom. The number of halogens is 2. The van der Waals surface area contributed by atoms with Crippen molar-refractivity contribution in [2.24, 2.45) is 0 Å². The highest BCUT2D eigenvalue weighted by Gasteiger charge is 2.14. The van der Waals surface area contributed by atoms with Gasteiger partial charge >= 0.3 is 12.4 Å². The van der Waals surface area contributed by atoms with E-state index in [1.165, 1.54) is 13.0 Å². The van der Waals surface area contributed by atoms with Crippen molar-refractivity contribution in [1.82, 2.24) is 0 Å². The van der Waals surface area contributed by atoms with Gasteiger partial charge in [-0.05, 0) is 6.92 Å². The summed E-state index contributed by atoms with van der Waals surface area (Å²) in [6.45, 7) is 1.48. The van der Waals surface area contributed by atoms with Crippen molar-refractivity contribution in [2.45, 2.75) is 19.8 Å². The van der Waals surface area contributed by atoms with Crippen LogP contribution in [0.25, 0.3) is 0 Å². The largest absolute Gasteiger partial charge is 0.462 e. The van der Waals surface area contributed by atoms with Crippen LogP contribution < -0.4 is 0 Å². The second-order valence-corrected chi connectivity index (χ2v) is 4.90. The van der Waals surface area contributed by atoms with Crippen molar-refractivity contribution in [2.75, 3.05) is 18.1 Å². The fourth-order valence-corrected chi connectivity index (χ4v) is 1.32. The highest BCUT2D eigenvalue weighted by atomic mass is 32.2. The van der Waals surface area contributed by atoms with E-state index in [9.17, 15) is 22.0 Å². The van der Waals surface area contributed by atoms with Crippen molar-refractivity contribution >= 4 is 15.8 Å². The highest BCUT2D eigenvalue weighted by molar-refractivity contribution is 7.91. The molecular formula is C9H12F2N2O4S. The number of alkyl halides is 2. The van der Waals surface area contributed by atoms with Gasteiger partial charge in [-0.1, -0.05) is 0 Å². The van der Waals surface area contributed by atoms with E-state index < -0.39 is 28.0 Å². The number of esters is 1. The maximum atomic E-state index is 11.1. The number of sulfone groups is 1. The number of ether oxygens (including phenoxy) is 1. The lowest BCUT2D eigenvalue weighted by molar-refractivity contribution is -0.155. The number of carbonyl (C=O) groups excluding carboxylic acids is 1. The summed E-state index contributed by atoms with van der Waals surface area (Å²) in [4.78, 5) is 9.77. The van der Waals surface area contributed by atoms with Crippen LogP contribution >= 0.6 is 0 Å². The van der Waals surface area contributed by atoms with Crippen LogP contribution in [0.5, 0.6) is 0 Å². The van der Waals surface area contributed by atoms with E-state index in [2.05, 4.69) is 4.74 Å². The van der Waals surface area contributed by atoms with Crippen molar-refractivity contribution in [3.8, 4) is 12.1 Å². The minimum atomic E-state index is -3.28. The zero-order valence-corrected chi connectivity index (χ0v) is 10.4. The first kappa shape index (κ1) is 18.6. The Hall–Kier alpha value is -1.74. The predicted octanol–water partition coefficient (Wildman–Crippen LogP) is 0.653. The monoisotopic (exact) mass is 282 g/mol. The summed E-state index contributed by atoms with van der Waals surface area (Å²) in [6.07, 6.45) is -3.03. The quantitative estimate of drug-likeness (QED) is 0.685. The molecule has 0 saturated heterocycles. The van der Waals surface area contributed by atoms with E-state index in [0.717, 1.165) is 0 Å². The molecule has 18 heavy (non-hydrogen) atoms. The van der Waals surface area contributed by atoms with Crippen LogP contribution in [-0.4, -0.2) is 38.9 Å². The van der Waals surface area contributed by atoms with Gasteiger partial charge in [-0.25, -0.2) is 13.2 Å². The van der Waals surface area contributed by atoms with Crippen LogP contribution in [0.15, 0.2) is 0 Å². The van der Waals surface area contributed by atoms with E-state index >= 15 is 0 Å². The summed E-state index contributed by atoms with van der Waals surface area (Å²) < 4.78 is 47.4. The van der Waals surface area contributed by atoms with Crippen molar-refractivity contribution in [3.63, 3.8) is 0 Å². The molecule has 0 spiro atoms. The fourth-order valence-electron chi connectivity index (χ4n) is 0.577. The van der Waals surface area contributed by atoms with E-state index in [1.54, 1.807) is 6.07 Å². The molecule has 0 fully saturated rings. The van der Waals surface area contributed by atoms with Crippen LogP contribution in [0.3, 0.4) is 0 Å². The molecule has 102 valence electrons. The molecule has 0 unspecified atom stereocenters. The van der Waals surface area contributed by atoms with Crippen LogP contribution in [0.2, 0.25) is 0 Å². The molecule has 0 atom stereocenters. The molecule has 0 aromatic heterocycles. The average molecular weight is 282 g/mol. The smallest absolute Gasteiger partial charge is 0.373 e. The average Bonchev–Trinajstić information content (AvgIpc) is 2.27. The molecule has 0 N–H and O–H groups in total. The van der Waals surface area contributed by atoms with Gasteiger partial charge in [-0.2, -0.15) is 19.3 Å². The third kappa shape index (κ3) is 12.3. The summed E-state index contributed by atoms with van der Waals surface area (Å²) in [7, 11) is -3.28. The Morgan fingerprint density at radius 2 is 1.89 bits per heavy atom. The molecule has 0 rings (SSSR count). The molecule has 0 heterocycles. The van der Waals surface area contributed by atoms with Gasteiger partial charge < -0.3 is 4.74 Å². The Bertz CT molecular complexity index is 423. The molecule has 0 bridgehead atoms. The minimum absolute atomic E-state index is 0.00315. The van der Waals surface area contributed by atoms with Crippen molar-refractivity contribution in [1.29, 1.82) is 10.5 Å². The van der Waals surface area contributed by atoms with Crippen molar-refractivity contribution < 1.29 is 26.7 Å². The van der Waals surface area contributed by atoms with E-state index in [1.807, 2.05) is 0 Å². The standard InChI is InChI=1S/C5H6N2O2S.C4H6F2O2/c6-2-1-4-10(8,9)5-3-7;1-2-8-4(7)3(5)6/h1,4-5H2;3H,2H2,1H3. The molecule has 0 radical (unpaired) electrons.